The molecule has 0 aliphatic heterocycles. The Morgan fingerprint density at radius 2 is 1.93 bits per heavy atom. The Kier molecular flexibility index (Phi) is 5.92. The molecule has 3 N–H and O–H groups in total. The predicted molar refractivity (Wildman–Crippen MR) is 101 cm³/mol. The average Bonchev–Trinajstić information content (AvgIpc) is 2.59. The second-order valence-electron chi connectivity index (χ2n) is 6.33. The van der Waals surface area contributed by atoms with E-state index in [0.717, 1.165) is 18.6 Å². The lowest BCUT2D eigenvalue weighted by atomic mass is 9.81. The third-order valence-corrected chi connectivity index (χ3v) is 4.99. The third kappa shape index (κ3) is 4.53. The Hall–Kier alpha value is -1.85. The lowest BCUT2D eigenvalue weighted by Crippen LogP contribution is -2.44. The van der Waals surface area contributed by atoms with Crippen molar-refractivity contribution in [2.75, 3.05) is 11.9 Å². The predicted octanol–water partition coefficient (Wildman–Crippen LogP) is 4.03. The highest BCUT2D eigenvalue weighted by molar-refractivity contribution is 14.1. The standard InChI is InChI=1S/C18H16F3IN2O3/c19-12-4-3-11(17(25)24-27-9-18(26)6-1-7-18)16(15(12)21)23-14-5-2-10(22)8-13(14)20/h2-5,8,23,26H,1,6-7,9H2,(H,24,25). The molecule has 1 aliphatic rings. The summed E-state index contributed by atoms with van der Waals surface area (Å²) in [6.07, 6.45) is 1.99. The second-order valence-corrected chi connectivity index (χ2v) is 7.58. The van der Waals surface area contributed by atoms with E-state index in [9.17, 15) is 23.1 Å². The number of nitrogens with one attached hydrogen (secondary N) is 2. The van der Waals surface area contributed by atoms with Gasteiger partial charge in [-0.15, -0.1) is 0 Å². The summed E-state index contributed by atoms with van der Waals surface area (Å²) in [5.74, 6) is -4.05. The number of halogens is 4. The van der Waals surface area contributed by atoms with Crippen LogP contribution in [0.1, 0.15) is 29.6 Å². The van der Waals surface area contributed by atoms with Crippen LogP contribution in [0.25, 0.3) is 0 Å². The van der Waals surface area contributed by atoms with Gasteiger partial charge in [-0.1, -0.05) is 0 Å². The average molecular weight is 492 g/mol. The molecule has 0 spiro atoms. The number of hydrogen-bond acceptors (Lipinski definition) is 4. The van der Waals surface area contributed by atoms with Gasteiger partial charge in [0.25, 0.3) is 5.91 Å². The number of benzene rings is 2. The fraction of sp³-hybridized carbons (Fsp3) is 0.278. The summed E-state index contributed by atoms with van der Waals surface area (Å²) < 4.78 is 42.6. The first-order valence-corrected chi connectivity index (χ1v) is 9.21. The molecule has 27 heavy (non-hydrogen) atoms. The molecule has 0 radical (unpaired) electrons. The summed E-state index contributed by atoms with van der Waals surface area (Å²) in [6, 6.07) is 5.99. The zero-order valence-corrected chi connectivity index (χ0v) is 16.1. The molecule has 2 aromatic carbocycles. The summed E-state index contributed by atoms with van der Waals surface area (Å²) >= 11 is 1.91. The summed E-state index contributed by atoms with van der Waals surface area (Å²) in [4.78, 5) is 17.3. The number of carbonyl (C=O) groups is 1. The molecule has 144 valence electrons. The van der Waals surface area contributed by atoms with Crippen LogP contribution in [0.2, 0.25) is 0 Å². The van der Waals surface area contributed by atoms with Crippen molar-refractivity contribution < 1.29 is 27.9 Å². The van der Waals surface area contributed by atoms with E-state index >= 15 is 0 Å². The molecular weight excluding hydrogens is 476 g/mol. The van der Waals surface area contributed by atoms with Crippen molar-refractivity contribution in [1.29, 1.82) is 0 Å². The highest BCUT2D eigenvalue weighted by Gasteiger charge is 2.35. The number of aliphatic hydroxyl groups is 1. The summed E-state index contributed by atoms with van der Waals surface area (Å²) in [7, 11) is 0. The van der Waals surface area contributed by atoms with Crippen molar-refractivity contribution in [2.45, 2.75) is 24.9 Å². The number of hydroxylamine groups is 1. The molecule has 5 nitrogen and oxygen atoms in total. The fourth-order valence-electron chi connectivity index (χ4n) is 2.61. The maximum Gasteiger partial charge on any atom is 0.277 e. The quantitative estimate of drug-likeness (QED) is 0.421. The van der Waals surface area contributed by atoms with Crippen molar-refractivity contribution in [2.24, 2.45) is 0 Å². The number of anilines is 2. The minimum atomic E-state index is -1.32. The fourth-order valence-corrected chi connectivity index (χ4v) is 3.06. The highest BCUT2D eigenvalue weighted by Crippen LogP contribution is 2.32. The molecule has 0 heterocycles. The van der Waals surface area contributed by atoms with Gasteiger partial charge in [0, 0.05) is 3.57 Å². The molecule has 0 bridgehead atoms. The van der Waals surface area contributed by atoms with Gasteiger partial charge >= 0.3 is 0 Å². The monoisotopic (exact) mass is 492 g/mol. The minimum Gasteiger partial charge on any atom is -0.387 e. The van der Waals surface area contributed by atoms with E-state index in [0.29, 0.717) is 16.4 Å². The first-order chi connectivity index (χ1) is 12.8. The van der Waals surface area contributed by atoms with Gasteiger partial charge in [-0.2, -0.15) is 0 Å². The molecule has 0 unspecified atom stereocenters. The molecule has 1 saturated carbocycles. The van der Waals surface area contributed by atoms with E-state index in [-0.39, 0.29) is 17.9 Å². The third-order valence-electron chi connectivity index (χ3n) is 4.32. The Morgan fingerprint density at radius 1 is 1.19 bits per heavy atom. The molecule has 3 rings (SSSR count). The zero-order chi connectivity index (χ0) is 19.6. The number of rotatable bonds is 6. The molecule has 1 amide bonds. The first-order valence-electron chi connectivity index (χ1n) is 8.14. The molecule has 0 aromatic heterocycles. The largest absolute Gasteiger partial charge is 0.387 e. The van der Waals surface area contributed by atoms with Crippen LogP contribution in [0.5, 0.6) is 0 Å². The smallest absolute Gasteiger partial charge is 0.277 e. The summed E-state index contributed by atoms with van der Waals surface area (Å²) in [5, 5.41) is 12.4. The first kappa shape index (κ1) is 19.9. The van der Waals surface area contributed by atoms with E-state index in [2.05, 4.69) is 10.8 Å². The summed E-state index contributed by atoms with van der Waals surface area (Å²) in [6.45, 7) is -0.114. The topological polar surface area (TPSA) is 70.6 Å². The van der Waals surface area contributed by atoms with Gasteiger partial charge in [-0.3, -0.25) is 9.63 Å². The van der Waals surface area contributed by atoms with Crippen molar-refractivity contribution in [3.8, 4) is 0 Å². The van der Waals surface area contributed by atoms with E-state index < -0.39 is 34.6 Å². The lowest BCUT2D eigenvalue weighted by Gasteiger charge is -2.35. The molecule has 0 saturated heterocycles. The Balaban J connectivity index is 1.80. The van der Waals surface area contributed by atoms with Gasteiger partial charge in [0.05, 0.1) is 22.5 Å². The van der Waals surface area contributed by atoms with E-state index in [1.807, 2.05) is 22.6 Å². The van der Waals surface area contributed by atoms with Crippen molar-refractivity contribution in [3.05, 3.63) is 56.9 Å². The molecule has 2 aromatic rings. The Morgan fingerprint density at radius 3 is 2.56 bits per heavy atom. The van der Waals surface area contributed by atoms with Gasteiger partial charge in [-0.05, 0) is 72.2 Å². The van der Waals surface area contributed by atoms with Crippen molar-refractivity contribution in [1.82, 2.24) is 5.48 Å². The van der Waals surface area contributed by atoms with Crippen LogP contribution in [-0.2, 0) is 4.84 Å². The molecular formula is C18H16F3IN2O3. The Labute approximate surface area is 167 Å². The molecule has 1 fully saturated rings. The van der Waals surface area contributed by atoms with Gasteiger partial charge in [0.15, 0.2) is 11.6 Å². The van der Waals surface area contributed by atoms with Crippen molar-refractivity contribution >= 4 is 39.9 Å². The normalized spacial score (nSPS) is 15.1. The maximum absolute atomic E-state index is 14.3. The van der Waals surface area contributed by atoms with Crippen LogP contribution in [0.15, 0.2) is 30.3 Å². The van der Waals surface area contributed by atoms with E-state index in [1.54, 1.807) is 6.07 Å². The van der Waals surface area contributed by atoms with Crippen LogP contribution in [0.4, 0.5) is 24.5 Å². The van der Waals surface area contributed by atoms with E-state index in [4.69, 9.17) is 4.84 Å². The maximum atomic E-state index is 14.3. The second kappa shape index (κ2) is 8.03. The molecule has 0 atom stereocenters. The van der Waals surface area contributed by atoms with Gasteiger partial charge in [-0.25, -0.2) is 18.7 Å². The highest BCUT2D eigenvalue weighted by atomic mass is 127. The van der Waals surface area contributed by atoms with Crippen LogP contribution in [-0.4, -0.2) is 23.2 Å². The van der Waals surface area contributed by atoms with Crippen LogP contribution in [0, 0.1) is 21.0 Å². The van der Waals surface area contributed by atoms with Crippen LogP contribution < -0.4 is 10.8 Å². The minimum absolute atomic E-state index is 0.112. The van der Waals surface area contributed by atoms with Crippen molar-refractivity contribution in [3.63, 3.8) is 0 Å². The van der Waals surface area contributed by atoms with Gasteiger partial charge in [0.2, 0.25) is 0 Å². The Bertz CT molecular complexity index is 875. The van der Waals surface area contributed by atoms with Gasteiger partial charge in [0.1, 0.15) is 12.4 Å². The number of carbonyl (C=O) groups excluding carboxylic acids is 1. The van der Waals surface area contributed by atoms with E-state index in [1.165, 1.54) is 12.1 Å². The molecule has 9 heteroatoms. The lowest BCUT2D eigenvalue weighted by molar-refractivity contribution is -0.113. The number of amides is 1. The SMILES string of the molecule is O=C(NOCC1(O)CCC1)c1ccc(F)c(F)c1Nc1ccc(I)cc1F. The van der Waals surface area contributed by atoms with Crippen LogP contribution in [0.3, 0.4) is 0 Å². The summed E-state index contributed by atoms with van der Waals surface area (Å²) in [5.41, 5.74) is 0.219. The zero-order valence-electron chi connectivity index (χ0n) is 14.0. The number of hydrogen-bond donors (Lipinski definition) is 3. The van der Waals surface area contributed by atoms with Crippen LogP contribution >= 0.6 is 22.6 Å². The van der Waals surface area contributed by atoms with Gasteiger partial charge < -0.3 is 10.4 Å². The molecule has 1 aliphatic carbocycles.